The highest BCUT2D eigenvalue weighted by Gasteiger charge is 2.31. The first-order chi connectivity index (χ1) is 8.02. The van der Waals surface area contributed by atoms with E-state index in [1.165, 1.54) is 4.68 Å². The molecule has 1 aromatic heterocycles. The molecule has 0 bridgehead atoms. The molecule has 0 radical (unpaired) electrons. The summed E-state index contributed by atoms with van der Waals surface area (Å²) in [4.78, 5) is 14.5. The quantitative estimate of drug-likeness (QED) is 0.631. The molecular weight excluding hydrogens is 284 g/mol. The van der Waals surface area contributed by atoms with Gasteiger partial charge in [-0.3, -0.25) is 4.79 Å². The molecule has 7 heteroatoms. The van der Waals surface area contributed by atoms with E-state index >= 15 is 0 Å². The summed E-state index contributed by atoms with van der Waals surface area (Å²) >= 11 is 17.3. The number of aldehydes is 1. The van der Waals surface area contributed by atoms with Gasteiger partial charge in [-0.1, -0.05) is 53.0 Å². The molecule has 1 heterocycles. The fraction of sp³-hybridized carbons (Fsp3) is 0.100. The van der Waals surface area contributed by atoms with Crippen LogP contribution in [0.3, 0.4) is 0 Å². The Kier molecular flexibility index (Phi) is 3.38. The minimum absolute atomic E-state index is 0.0322. The van der Waals surface area contributed by atoms with Gasteiger partial charge in [0, 0.05) is 0 Å². The molecular formula is C10H6Cl3N3O. The number of aromatic nitrogens is 3. The van der Waals surface area contributed by atoms with Crippen molar-refractivity contribution in [3.63, 3.8) is 0 Å². The number of alkyl halides is 3. The summed E-state index contributed by atoms with van der Waals surface area (Å²) in [6.07, 6.45) is 0.499. The number of hydrogen-bond acceptors (Lipinski definition) is 3. The molecule has 88 valence electrons. The van der Waals surface area contributed by atoms with Crippen molar-refractivity contribution < 1.29 is 4.79 Å². The Balaban J connectivity index is 2.61. The first kappa shape index (κ1) is 12.4. The normalized spacial score (nSPS) is 11.5. The van der Waals surface area contributed by atoms with Crippen molar-refractivity contribution in [2.45, 2.75) is 3.79 Å². The average Bonchev–Trinajstić information content (AvgIpc) is 2.74. The third-order valence-electron chi connectivity index (χ3n) is 1.98. The molecule has 0 saturated carbocycles. The summed E-state index contributed by atoms with van der Waals surface area (Å²) in [7, 11) is 0. The molecule has 2 aromatic rings. The Morgan fingerprint density at radius 3 is 2.35 bits per heavy atom. The molecule has 0 spiro atoms. The Hall–Kier alpha value is -1.10. The minimum Gasteiger partial charge on any atom is -0.294 e. The van der Waals surface area contributed by atoms with Crippen LogP contribution < -0.4 is 0 Å². The third-order valence-corrected chi connectivity index (χ3v) is 2.49. The summed E-state index contributed by atoms with van der Waals surface area (Å²) in [6.45, 7) is 0. The van der Waals surface area contributed by atoms with Gasteiger partial charge in [0.05, 0.1) is 5.69 Å². The van der Waals surface area contributed by atoms with Crippen molar-refractivity contribution >= 4 is 41.1 Å². The summed E-state index contributed by atoms with van der Waals surface area (Å²) in [5.74, 6) is 0.0472. The lowest BCUT2D eigenvalue weighted by atomic mass is 10.3. The van der Waals surface area contributed by atoms with Crippen molar-refractivity contribution in [3.8, 4) is 5.69 Å². The van der Waals surface area contributed by atoms with Gasteiger partial charge < -0.3 is 0 Å². The van der Waals surface area contributed by atoms with Crippen LogP contribution in [-0.2, 0) is 3.79 Å². The summed E-state index contributed by atoms with van der Waals surface area (Å²) in [5.41, 5.74) is 0.662. The van der Waals surface area contributed by atoms with Gasteiger partial charge in [-0.25, -0.2) is 9.67 Å². The highest BCUT2D eigenvalue weighted by molar-refractivity contribution is 6.66. The fourth-order valence-electron chi connectivity index (χ4n) is 1.31. The number of carbonyl (C=O) groups is 1. The van der Waals surface area contributed by atoms with Gasteiger partial charge in [-0.2, -0.15) is 0 Å². The van der Waals surface area contributed by atoms with Crippen LogP contribution in [0.5, 0.6) is 0 Å². The van der Waals surface area contributed by atoms with Crippen LogP contribution in [-0.4, -0.2) is 21.1 Å². The van der Waals surface area contributed by atoms with E-state index in [1.54, 1.807) is 24.3 Å². The predicted molar refractivity (Wildman–Crippen MR) is 66.0 cm³/mol. The van der Waals surface area contributed by atoms with E-state index in [-0.39, 0.29) is 11.6 Å². The maximum Gasteiger partial charge on any atom is 0.250 e. The lowest BCUT2D eigenvalue weighted by Gasteiger charge is -2.11. The second-order valence-electron chi connectivity index (χ2n) is 3.16. The zero-order valence-electron chi connectivity index (χ0n) is 8.35. The molecule has 0 N–H and O–H groups in total. The number of carbonyl (C=O) groups excluding carboxylic acids is 1. The van der Waals surface area contributed by atoms with E-state index < -0.39 is 3.79 Å². The van der Waals surface area contributed by atoms with E-state index in [1.807, 2.05) is 6.07 Å². The van der Waals surface area contributed by atoms with Crippen LogP contribution in [0.1, 0.15) is 16.4 Å². The molecule has 2 rings (SSSR count). The zero-order valence-corrected chi connectivity index (χ0v) is 10.6. The first-order valence-corrected chi connectivity index (χ1v) is 5.70. The van der Waals surface area contributed by atoms with Crippen molar-refractivity contribution in [2.75, 3.05) is 0 Å². The Morgan fingerprint density at radius 1 is 1.18 bits per heavy atom. The number of nitrogens with zero attached hydrogens (tertiary/aromatic N) is 3. The highest BCUT2D eigenvalue weighted by Crippen LogP contribution is 2.37. The molecule has 17 heavy (non-hydrogen) atoms. The van der Waals surface area contributed by atoms with Crippen LogP contribution in [0.15, 0.2) is 30.3 Å². The molecule has 0 fully saturated rings. The van der Waals surface area contributed by atoms with Crippen LogP contribution in [0.2, 0.25) is 0 Å². The largest absolute Gasteiger partial charge is 0.294 e. The van der Waals surface area contributed by atoms with Gasteiger partial charge >= 0.3 is 0 Å². The number of rotatable bonds is 2. The topological polar surface area (TPSA) is 47.8 Å². The van der Waals surface area contributed by atoms with Crippen LogP contribution in [0.25, 0.3) is 5.69 Å². The van der Waals surface area contributed by atoms with Gasteiger partial charge in [0.15, 0.2) is 12.1 Å². The molecule has 4 nitrogen and oxygen atoms in total. The number of benzene rings is 1. The van der Waals surface area contributed by atoms with Crippen molar-refractivity contribution in [3.05, 3.63) is 42.0 Å². The molecule has 0 atom stereocenters. The second-order valence-corrected chi connectivity index (χ2v) is 5.44. The maximum atomic E-state index is 10.7. The Labute approximate surface area is 112 Å². The monoisotopic (exact) mass is 289 g/mol. The van der Waals surface area contributed by atoms with Crippen LogP contribution in [0.4, 0.5) is 0 Å². The van der Waals surface area contributed by atoms with Gasteiger partial charge in [0.2, 0.25) is 9.62 Å². The van der Waals surface area contributed by atoms with Crippen LogP contribution in [0, 0.1) is 0 Å². The van der Waals surface area contributed by atoms with Crippen molar-refractivity contribution in [2.24, 2.45) is 0 Å². The molecule has 0 saturated heterocycles. The predicted octanol–water partition coefficient (Wildman–Crippen LogP) is 2.91. The summed E-state index contributed by atoms with van der Waals surface area (Å²) < 4.78 is -0.416. The van der Waals surface area contributed by atoms with Crippen molar-refractivity contribution in [1.29, 1.82) is 0 Å². The lowest BCUT2D eigenvalue weighted by Crippen LogP contribution is -2.11. The molecule has 0 aliphatic carbocycles. The van der Waals surface area contributed by atoms with Gasteiger partial charge in [-0.05, 0) is 12.1 Å². The van der Waals surface area contributed by atoms with E-state index in [2.05, 4.69) is 10.1 Å². The van der Waals surface area contributed by atoms with Gasteiger partial charge in [0.1, 0.15) is 0 Å². The van der Waals surface area contributed by atoms with Crippen LogP contribution >= 0.6 is 34.8 Å². The first-order valence-electron chi connectivity index (χ1n) is 4.57. The smallest absolute Gasteiger partial charge is 0.250 e. The molecule has 1 aromatic carbocycles. The highest BCUT2D eigenvalue weighted by atomic mass is 35.6. The molecule has 0 amide bonds. The van der Waals surface area contributed by atoms with Gasteiger partial charge in [-0.15, -0.1) is 5.10 Å². The molecule has 0 aliphatic heterocycles. The van der Waals surface area contributed by atoms with Gasteiger partial charge in [0.25, 0.3) is 0 Å². The molecule has 0 unspecified atom stereocenters. The second kappa shape index (κ2) is 4.64. The Bertz CT molecular complexity index is 533. The summed E-state index contributed by atoms with van der Waals surface area (Å²) in [6, 6.07) is 8.99. The maximum absolute atomic E-state index is 10.7. The number of para-hydroxylation sites is 1. The molecule has 0 aliphatic rings. The van der Waals surface area contributed by atoms with E-state index in [9.17, 15) is 4.79 Å². The zero-order chi connectivity index (χ0) is 12.5. The minimum atomic E-state index is -1.75. The van der Waals surface area contributed by atoms with Crippen molar-refractivity contribution in [1.82, 2.24) is 14.8 Å². The van der Waals surface area contributed by atoms with E-state index in [0.29, 0.717) is 12.0 Å². The SMILES string of the molecule is O=Cc1nc(C(Cl)(Cl)Cl)n(-c2ccccc2)n1. The number of hydrogen-bond donors (Lipinski definition) is 0. The van der Waals surface area contributed by atoms with E-state index in [0.717, 1.165) is 0 Å². The average molecular weight is 291 g/mol. The third kappa shape index (κ3) is 2.60. The Morgan fingerprint density at radius 2 is 1.82 bits per heavy atom. The number of halogens is 3. The standard InChI is InChI=1S/C10H6Cl3N3O/c11-10(12,13)9-14-8(6-17)15-16(9)7-4-2-1-3-5-7/h1-6H. The fourth-order valence-corrected chi connectivity index (χ4v) is 1.68. The summed E-state index contributed by atoms with van der Waals surface area (Å²) in [5, 5.41) is 3.95. The lowest BCUT2D eigenvalue weighted by molar-refractivity contribution is 0.111. The van der Waals surface area contributed by atoms with E-state index in [4.69, 9.17) is 34.8 Å².